The highest BCUT2D eigenvalue weighted by atomic mass is 79.9. The molecule has 0 aliphatic rings. The average Bonchev–Trinajstić information content (AvgIpc) is 2.26. The van der Waals surface area contributed by atoms with Crippen LogP contribution in [0.2, 0.25) is 5.02 Å². The predicted octanol–water partition coefficient (Wildman–Crippen LogP) is 4.69. The van der Waals surface area contributed by atoms with E-state index in [2.05, 4.69) is 28.2 Å². The maximum atomic E-state index is 14.0. The summed E-state index contributed by atoms with van der Waals surface area (Å²) in [5.41, 5.74) is 0.650. The molecule has 0 bridgehead atoms. The van der Waals surface area contributed by atoms with Gasteiger partial charge in [0.05, 0.1) is 5.02 Å². The van der Waals surface area contributed by atoms with Crippen molar-refractivity contribution in [2.45, 2.75) is 32.7 Å². The first kappa shape index (κ1) is 13.9. The van der Waals surface area contributed by atoms with Crippen LogP contribution in [0.3, 0.4) is 0 Å². The largest absolute Gasteiger partial charge is 0.310 e. The van der Waals surface area contributed by atoms with Crippen molar-refractivity contribution in [3.8, 4) is 0 Å². The number of rotatable bonds is 5. The Morgan fingerprint density at radius 3 is 2.69 bits per heavy atom. The normalized spacial score (nSPS) is 12.8. The van der Waals surface area contributed by atoms with Crippen LogP contribution in [0.1, 0.15) is 38.3 Å². The Labute approximate surface area is 110 Å². The van der Waals surface area contributed by atoms with Crippen molar-refractivity contribution in [2.24, 2.45) is 0 Å². The molecular weight excluding hydrogens is 292 g/mol. The van der Waals surface area contributed by atoms with Crippen LogP contribution in [0.5, 0.6) is 0 Å². The first-order valence-electron chi connectivity index (χ1n) is 5.48. The van der Waals surface area contributed by atoms with Crippen LogP contribution < -0.4 is 5.32 Å². The van der Waals surface area contributed by atoms with Gasteiger partial charge in [-0.15, -0.1) is 0 Å². The lowest BCUT2D eigenvalue weighted by Gasteiger charge is -2.19. The van der Waals surface area contributed by atoms with E-state index in [1.807, 2.05) is 6.92 Å². The molecule has 1 aromatic rings. The summed E-state index contributed by atoms with van der Waals surface area (Å²) in [4.78, 5) is 0. The van der Waals surface area contributed by atoms with Gasteiger partial charge in [0, 0.05) is 16.1 Å². The molecule has 0 heterocycles. The highest BCUT2D eigenvalue weighted by Gasteiger charge is 2.17. The van der Waals surface area contributed by atoms with Gasteiger partial charge < -0.3 is 5.32 Å². The van der Waals surface area contributed by atoms with Gasteiger partial charge in [-0.05, 0) is 35.0 Å². The Morgan fingerprint density at radius 2 is 2.12 bits per heavy atom. The van der Waals surface area contributed by atoms with Crippen LogP contribution in [-0.4, -0.2) is 6.54 Å². The summed E-state index contributed by atoms with van der Waals surface area (Å²) in [6.07, 6.45) is 1.91. The van der Waals surface area contributed by atoms with Gasteiger partial charge in [0.2, 0.25) is 0 Å². The topological polar surface area (TPSA) is 12.0 Å². The Balaban J connectivity index is 3.04. The van der Waals surface area contributed by atoms with Crippen LogP contribution in [0, 0.1) is 5.82 Å². The number of hydrogen-bond acceptors (Lipinski definition) is 1. The van der Waals surface area contributed by atoms with Gasteiger partial charge in [0.25, 0.3) is 0 Å². The highest BCUT2D eigenvalue weighted by molar-refractivity contribution is 9.10. The predicted molar refractivity (Wildman–Crippen MR) is 70.4 cm³/mol. The molecular formula is C12H16BrClFN. The van der Waals surface area contributed by atoms with Crippen LogP contribution in [0.15, 0.2) is 16.6 Å². The van der Waals surface area contributed by atoms with Crippen molar-refractivity contribution in [1.82, 2.24) is 5.32 Å². The van der Waals surface area contributed by atoms with Crippen molar-refractivity contribution in [1.29, 1.82) is 0 Å². The van der Waals surface area contributed by atoms with E-state index in [1.54, 1.807) is 12.1 Å². The number of halogens is 3. The molecule has 0 aliphatic heterocycles. The molecule has 90 valence electrons. The standard InChI is InChI=1S/C12H16BrClFN/c1-3-5-10(16-4-2)8-6-7-9(13)11(14)12(8)15/h6-7,10,16H,3-5H2,1-2H3. The Kier molecular flexibility index (Phi) is 5.73. The molecule has 1 aromatic carbocycles. The summed E-state index contributed by atoms with van der Waals surface area (Å²) < 4.78 is 14.6. The van der Waals surface area contributed by atoms with E-state index in [4.69, 9.17) is 11.6 Å². The fraction of sp³-hybridized carbons (Fsp3) is 0.500. The molecule has 1 nitrogen and oxygen atoms in total. The van der Waals surface area contributed by atoms with Crippen molar-refractivity contribution >= 4 is 27.5 Å². The van der Waals surface area contributed by atoms with Crippen LogP contribution in [0.4, 0.5) is 4.39 Å². The third-order valence-electron chi connectivity index (χ3n) is 2.47. The first-order valence-corrected chi connectivity index (χ1v) is 6.65. The minimum Gasteiger partial charge on any atom is -0.310 e. The van der Waals surface area contributed by atoms with Gasteiger partial charge in [0.15, 0.2) is 0 Å². The summed E-state index contributed by atoms with van der Waals surface area (Å²) >= 11 is 9.09. The number of nitrogens with one attached hydrogen (secondary N) is 1. The average molecular weight is 309 g/mol. The summed E-state index contributed by atoms with van der Waals surface area (Å²) in [7, 11) is 0. The molecule has 1 rings (SSSR count). The zero-order valence-electron chi connectivity index (χ0n) is 9.49. The fourth-order valence-corrected chi connectivity index (χ4v) is 2.19. The molecule has 1 unspecified atom stereocenters. The Hall–Kier alpha value is -0.120. The van der Waals surface area contributed by atoms with Crippen LogP contribution in [-0.2, 0) is 0 Å². The van der Waals surface area contributed by atoms with E-state index < -0.39 is 0 Å². The molecule has 0 fully saturated rings. The van der Waals surface area contributed by atoms with E-state index >= 15 is 0 Å². The molecule has 1 atom stereocenters. The minimum absolute atomic E-state index is 0.0422. The fourth-order valence-electron chi connectivity index (χ4n) is 1.71. The molecule has 16 heavy (non-hydrogen) atoms. The van der Waals surface area contributed by atoms with Crippen LogP contribution in [0.25, 0.3) is 0 Å². The van der Waals surface area contributed by atoms with Gasteiger partial charge in [-0.3, -0.25) is 0 Å². The maximum Gasteiger partial charge on any atom is 0.147 e. The molecule has 0 saturated carbocycles. The summed E-state index contributed by atoms with van der Waals surface area (Å²) in [5, 5.41) is 3.44. The smallest absolute Gasteiger partial charge is 0.147 e. The second kappa shape index (κ2) is 6.58. The third kappa shape index (κ3) is 3.19. The third-order valence-corrected chi connectivity index (χ3v) is 3.73. The first-order chi connectivity index (χ1) is 7.61. The van der Waals surface area contributed by atoms with Crippen molar-refractivity contribution in [2.75, 3.05) is 6.54 Å². The molecule has 0 amide bonds. The van der Waals surface area contributed by atoms with Crippen molar-refractivity contribution < 1.29 is 4.39 Å². The second-order valence-electron chi connectivity index (χ2n) is 3.66. The minimum atomic E-state index is -0.324. The number of hydrogen-bond donors (Lipinski definition) is 1. The van der Waals surface area contributed by atoms with Gasteiger partial charge >= 0.3 is 0 Å². The zero-order chi connectivity index (χ0) is 12.1. The maximum absolute atomic E-state index is 14.0. The Bertz CT molecular complexity index is 351. The number of benzene rings is 1. The molecule has 0 saturated heterocycles. The monoisotopic (exact) mass is 307 g/mol. The van der Waals surface area contributed by atoms with E-state index in [0.29, 0.717) is 10.0 Å². The van der Waals surface area contributed by atoms with Gasteiger partial charge in [-0.1, -0.05) is 37.9 Å². The van der Waals surface area contributed by atoms with E-state index in [9.17, 15) is 4.39 Å². The molecule has 4 heteroatoms. The van der Waals surface area contributed by atoms with Gasteiger partial charge in [-0.25, -0.2) is 4.39 Å². The van der Waals surface area contributed by atoms with Gasteiger partial charge in [0.1, 0.15) is 5.82 Å². The molecule has 0 spiro atoms. The lowest BCUT2D eigenvalue weighted by molar-refractivity contribution is 0.481. The van der Waals surface area contributed by atoms with Crippen LogP contribution >= 0.6 is 27.5 Å². The summed E-state index contributed by atoms with van der Waals surface area (Å²) in [6.45, 7) is 4.92. The van der Waals surface area contributed by atoms with Crippen molar-refractivity contribution in [3.05, 3.63) is 33.0 Å². The van der Waals surface area contributed by atoms with Gasteiger partial charge in [-0.2, -0.15) is 0 Å². The van der Waals surface area contributed by atoms with E-state index in [0.717, 1.165) is 19.4 Å². The van der Waals surface area contributed by atoms with E-state index in [-0.39, 0.29) is 16.9 Å². The molecule has 0 aliphatic carbocycles. The zero-order valence-corrected chi connectivity index (χ0v) is 11.8. The molecule has 0 radical (unpaired) electrons. The summed E-state index contributed by atoms with van der Waals surface area (Å²) in [6, 6.07) is 3.62. The highest BCUT2D eigenvalue weighted by Crippen LogP contribution is 2.31. The lowest BCUT2D eigenvalue weighted by Crippen LogP contribution is -2.21. The lowest BCUT2D eigenvalue weighted by atomic mass is 10.0. The van der Waals surface area contributed by atoms with Crippen molar-refractivity contribution in [3.63, 3.8) is 0 Å². The molecule has 0 aromatic heterocycles. The summed E-state index contributed by atoms with van der Waals surface area (Å²) in [5.74, 6) is -0.324. The van der Waals surface area contributed by atoms with E-state index in [1.165, 1.54) is 0 Å². The molecule has 1 N–H and O–H groups in total. The SMILES string of the molecule is CCCC(NCC)c1ccc(Br)c(Cl)c1F. The second-order valence-corrected chi connectivity index (χ2v) is 4.90. The Morgan fingerprint density at radius 1 is 1.44 bits per heavy atom. The quantitative estimate of drug-likeness (QED) is 0.778.